The maximum absolute atomic E-state index is 11.9. The van der Waals surface area contributed by atoms with Gasteiger partial charge in [0.15, 0.2) is 0 Å². The minimum absolute atomic E-state index is 0.267. The summed E-state index contributed by atoms with van der Waals surface area (Å²) in [5.74, 6) is 0.267. The molecule has 0 bridgehead atoms. The van der Waals surface area contributed by atoms with E-state index in [1.807, 2.05) is 0 Å². The topological polar surface area (TPSA) is 32.3 Å². The zero-order valence-corrected chi connectivity index (χ0v) is 10.9. The SMILES string of the molecule is Cc1ccc(C2NCC(=O)N3CCCCC23)cc1. The van der Waals surface area contributed by atoms with Crippen molar-refractivity contribution in [3.63, 3.8) is 0 Å². The number of carbonyl (C=O) groups is 1. The Kier molecular flexibility index (Phi) is 3.08. The fraction of sp³-hybridized carbons (Fsp3) is 0.533. The van der Waals surface area contributed by atoms with Crippen molar-refractivity contribution in [1.29, 1.82) is 0 Å². The molecule has 3 rings (SSSR count). The molecule has 3 nitrogen and oxygen atoms in total. The number of rotatable bonds is 1. The number of amides is 1. The van der Waals surface area contributed by atoms with Crippen molar-refractivity contribution >= 4 is 5.91 Å². The Labute approximate surface area is 108 Å². The third-order valence-corrected chi connectivity index (χ3v) is 4.16. The first-order valence-corrected chi connectivity index (χ1v) is 6.85. The average Bonchev–Trinajstić information content (AvgIpc) is 2.41. The number of piperazine rings is 1. The Morgan fingerprint density at radius 1 is 1.22 bits per heavy atom. The van der Waals surface area contributed by atoms with Gasteiger partial charge in [-0.05, 0) is 31.7 Å². The first kappa shape index (κ1) is 11.7. The Morgan fingerprint density at radius 3 is 2.78 bits per heavy atom. The number of fused-ring (bicyclic) bond motifs is 1. The van der Waals surface area contributed by atoms with Crippen LogP contribution >= 0.6 is 0 Å². The van der Waals surface area contributed by atoms with Gasteiger partial charge < -0.3 is 4.90 Å². The molecule has 2 heterocycles. The van der Waals surface area contributed by atoms with Crippen molar-refractivity contribution in [1.82, 2.24) is 10.2 Å². The van der Waals surface area contributed by atoms with E-state index in [1.54, 1.807) is 0 Å². The number of hydrogen-bond donors (Lipinski definition) is 1. The summed E-state index contributed by atoms with van der Waals surface area (Å²) in [6.07, 6.45) is 3.51. The molecule has 1 aromatic rings. The number of benzene rings is 1. The maximum Gasteiger partial charge on any atom is 0.236 e. The van der Waals surface area contributed by atoms with Gasteiger partial charge in [-0.2, -0.15) is 0 Å². The summed E-state index contributed by atoms with van der Waals surface area (Å²) in [4.78, 5) is 14.0. The predicted molar refractivity (Wildman–Crippen MR) is 71.3 cm³/mol. The lowest BCUT2D eigenvalue weighted by Crippen LogP contribution is -2.57. The summed E-state index contributed by atoms with van der Waals surface area (Å²) in [5.41, 5.74) is 2.59. The molecule has 2 unspecified atom stereocenters. The summed E-state index contributed by atoms with van der Waals surface area (Å²) >= 11 is 0. The van der Waals surface area contributed by atoms with Crippen LogP contribution in [-0.4, -0.2) is 29.9 Å². The third-order valence-electron chi connectivity index (χ3n) is 4.16. The summed E-state index contributed by atoms with van der Waals surface area (Å²) in [5, 5.41) is 3.41. The van der Waals surface area contributed by atoms with E-state index in [1.165, 1.54) is 17.5 Å². The van der Waals surface area contributed by atoms with Crippen molar-refractivity contribution in [2.45, 2.75) is 38.3 Å². The molecule has 1 amide bonds. The zero-order valence-electron chi connectivity index (χ0n) is 10.9. The molecule has 96 valence electrons. The standard InChI is InChI=1S/C15H20N2O/c1-11-5-7-12(8-6-11)15-13-4-2-3-9-17(13)14(18)10-16-15/h5-8,13,15-16H,2-4,9-10H2,1H3. The molecule has 2 fully saturated rings. The molecular weight excluding hydrogens is 224 g/mol. The molecule has 0 spiro atoms. The largest absolute Gasteiger partial charge is 0.337 e. The fourth-order valence-corrected chi connectivity index (χ4v) is 3.16. The molecule has 0 aliphatic carbocycles. The van der Waals surface area contributed by atoms with Crippen LogP contribution in [0.5, 0.6) is 0 Å². The van der Waals surface area contributed by atoms with Crippen LogP contribution < -0.4 is 5.32 Å². The Bertz CT molecular complexity index is 440. The Balaban J connectivity index is 1.87. The van der Waals surface area contributed by atoms with Crippen LogP contribution in [0, 0.1) is 6.92 Å². The molecule has 3 heteroatoms. The van der Waals surface area contributed by atoms with Crippen LogP contribution in [0.15, 0.2) is 24.3 Å². The van der Waals surface area contributed by atoms with Gasteiger partial charge in [-0.25, -0.2) is 0 Å². The normalized spacial score (nSPS) is 28.1. The second kappa shape index (κ2) is 4.73. The van der Waals surface area contributed by atoms with Gasteiger partial charge in [0.1, 0.15) is 0 Å². The van der Waals surface area contributed by atoms with E-state index in [0.29, 0.717) is 18.6 Å². The first-order valence-electron chi connectivity index (χ1n) is 6.85. The van der Waals surface area contributed by atoms with Gasteiger partial charge in [-0.15, -0.1) is 0 Å². The minimum Gasteiger partial charge on any atom is -0.337 e. The van der Waals surface area contributed by atoms with Crippen molar-refractivity contribution in [3.05, 3.63) is 35.4 Å². The second-order valence-corrected chi connectivity index (χ2v) is 5.42. The van der Waals surface area contributed by atoms with Gasteiger partial charge in [0.25, 0.3) is 0 Å². The molecule has 1 N–H and O–H groups in total. The number of hydrogen-bond acceptors (Lipinski definition) is 2. The number of carbonyl (C=O) groups excluding carboxylic acids is 1. The predicted octanol–water partition coefficient (Wildman–Crippen LogP) is 2.02. The lowest BCUT2D eigenvalue weighted by molar-refractivity contribution is -0.138. The molecule has 0 saturated carbocycles. The smallest absolute Gasteiger partial charge is 0.236 e. The molecule has 2 saturated heterocycles. The molecule has 2 aliphatic heterocycles. The summed E-state index contributed by atoms with van der Waals surface area (Å²) in [6, 6.07) is 9.35. The van der Waals surface area contributed by atoms with Crippen molar-refractivity contribution in [2.75, 3.05) is 13.1 Å². The maximum atomic E-state index is 11.9. The number of piperidine rings is 1. The lowest BCUT2D eigenvalue weighted by Gasteiger charge is -2.44. The highest BCUT2D eigenvalue weighted by Gasteiger charge is 2.37. The Hall–Kier alpha value is -1.35. The van der Waals surface area contributed by atoms with Gasteiger partial charge in [-0.3, -0.25) is 10.1 Å². The van der Waals surface area contributed by atoms with E-state index in [9.17, 15) is 4.79 Å². The molecule has 2 aliphatic rings. The van der Waals surface area contributed by atoms with E-state index in [2.05, 4.69) is 41.4 Å². The second-order valence-electron chi connectivity index (χ2n) is 5.42. The minimum atomic E-state index is 0.267. The average molecular weight is 244 g/mol. The molecule has 18 heavy (non-hydrogen) atoms. The van der Waals surface area contributed by atoms with Crippen LogP contribution in [0.1, 0.15) is 36.4 Å². The van der Waals surface area contributed by atoms with Crippen molar-refractivity contribution in [2.24, 2.45) is 0 Å². The van der Waals surface area contributed by atoms with Crippen LogP contribution in [0.4, 0.5) is 0 Å². The van der Waals surface area contributed by atoms with E-state index in [0.717, 1.165) is 19.4 Å². The van der Waals surface area contributed by atoms with Gasteiger partial charge in [0.05, 0.1) is 18.6 Å². The lowest BCUT2D eigenvalue weighted by atomic mass is 9.88. The highest BCUT2D eigenvalue weighted by molar-refractivity contribution is 5.79. The number of nitrogens with one attached hydrogen (secondary N) is 1. The first-order chi connectivity index (χ1) is 8.75. The Morgan fingerprint density at radius 2 is 2.00 bits per heavy atom. The molecule has 0 aromatic heterocycles. The molecule has 0 radical (unpaired) electrons. The van der Waals surface area contributed by atoms with Crippen molar-refractivity contribution < 1.29 is 4.79 Å². The van der Waals surface area contributed by atoms with E-state index in [-0.39, 0.29) is 5.91 Å². The van der Waals surface area contributed by atoms with E-state index < -0.39 is 0 Å². The summed E-state index contributed by atoms with van der Waals surface area (Å²) in [7, 11) is 0. The van der Waals surface area contributed by atoms with Crippen LogP contribution in [0.2, 0.25) is 0 Å². The van der Waals surface area contributed by atoms with E-state index in [4.69, 9.17) is 0 Å². The van der Waals surface area contributed by atoms with Gasteiger partial charge >= 0.3 is 0 Å². The summed E-state index contributed by atoms with van der Waals surface area (Å²) < 4.78 is 0. The van der Waals surface area contributed by atoms with Gasteiger partial charge in [0, 0.05) is 6.54 Å². The zero-order chi connectivity index (χ0) is 12.5. The fourth-order valence-electron chi connectivity index (χ4n) is 3.16. The number of nitrogens with zero attached hydrogens (tertiary/aromatic N) is 1. The van der Waals surface area contributed by atoms with Gasteiger partial charge in [0.2, 0.25) is 5.91 Å². The summed E-state index contributed by atoms with van der Waals surface area (Å²) in [6.45, 7) is 3.52. The molecule has 2 atom stereocenters. The third kappa shape index (κ3) is 2.03. The van der Waals surface area contributed by atoms with E-state index >= 15 is 0 Å². The van der Waals surface area contributed by atoms with Crippen LogP contribution in [0.3, 0.4) is 0 Å². The molecular formula is C15H20N2O. The number of aryl methyl sites for hydroxylation is 1. The van der Waals surface area contributed by atoms with Crippen molar-refractivity contribution in [3.8, 4) is 0 Å². The van der Waals surface area contributed by atoms with Crippen LogP contribution in [-0.2, 0) is 4.79 Å². The van der Waals surface area contributed by atoms with Crippen LogP contribution in [0.25, 0.3) is 0 Å². The molecule has 1 aromatic carbocycles. The van der Waals surface area contributed by atoms with Gasteiger partial charge in [-0.1, -0.05) is 29.8 Å². The monoisotopic (exact) mass is 244 g/mol. The quantitative estimate of drug-likeness (QED) is 0.819. The highest BCUT2D eigenvalue weighted by atomic mass is 16.2. The highest BCUT2D eigenvalue weighted by Crippen LogP contribution is 2.31.